The summed E-state index contributed by atoms with van der Waals surface area (Å²) in [5.74, 6) is 0.383. The number of unbranched alkanes of at least 4 members (excludes halogenated alkanes) is 45. The van der Waals surface area contributed by atoms with Crippen LogP contribution < -0.4 is 31.0 Å². The van der Waals surface area contributed by atoms with Gasteiger partial charge in [-0.1, -0.05) is 303 Å². The highest BCUT2D eigenvalue weighted by atomic mass is 35.5. The number of hydrogen-bond acceptors (Lipinski definition) is 3. The third-order valence-electron chi connectivity index (χ3n) is 16.3. The summed E-state index contributed by atoms with van der Waals surface area (Å²) < 4.78 is 13.7. The van der Waals surface area contributed by atoms with Crippen molar-refractivity contribution in [1.82, 2.24) is 11.1 Å². The van der Waals surface area contributed by atoms with E-state index >= 15 is 0 Å². The first-order valence-electron chi connectivity index (χ1n) is 33.0. The molecular weight excluding hydrogens is 942 g/mol. The van der Waals surface area contributed by atoms with Crippen molar-refractivity contribution in [3.63, 3.8) is 0 Å². The largest absolute Gasteiger partial charge is 1.00 e. The standard InChI is InChI=1S/C65H131N2O3.2ClH.H3N/c1-4-7-10-13-16-19-22-25-28-31-34-37-40-43-46-49-57-67(64-66-56-52-55-65(66)68,58-53-62-69-60-50-47-44-41-38-35-32-29-26-23-20-17-14-11-8-5-2)59-54-63-70-61-51-48-45-42-39-36-33-30-27-24-21-18-15-12-9-6-3;;;/h4-64H2,1-3H3;2*1H;1H3/q+1;;;/p-1. The number of rotatable bonds is 61. The Morgan fingerprint density at radius 2 is 0.548 bits per heavy atom. The van der Waals surface area contributed by atoms with Crippen molar-refractivity contribution < 1.29 is 43.6 Å². The first-order valence-corrected chi connectivity index (χ1v) is 33.0. The summed E-state index contributed by atoms with van der Waals surface area (Å²) in [7, 11) is 0. The van der Waals surface area contributed by atoms with E-state index in [1.165, 1.54) is 315 Å². The Hall–Kier alpha value is -0.110. The van der Waals surface area contributed by atoms with Crippen LogP contribution >= 0.6 is 0 Å². The van der Waals surface area contributed by atoms with E-state index in [-0.39, 0.29) is 31.0 Å². The van der Waals surface area contributed by atoms with E-state index in [4.69, 9.17) is 9.47 Å². The Bertz CT molecular complexity index is 979. The predicted octanol–water partition coefficient (Wildman–Crippen LogP) is 15.4. The van der Waals surface area contributed by atoms with Gasteiger partial charge in [0.2, 0.25) is 5.91 Å². The van der Waals surface area contributed by atoms with Crippen molar-refractivity contribution in [1.29, 1.82) is 0 Å². The summed E-state index contributed by atoms with van der Waals surface area (Å²) in [5, 5.41) is 0. The van der Waals surface area contributed by atoms with Crippen molar-refractivity contribution in [2.75, 3.05) is 59.3 Å². The molecule has 0 bridgehead atoms. The lowest BCUT2D eigenvalue weighted by Crippen LogP contribution is -3.00. The molecule has 8 heteroatoms. The summed E-state index contributed by atoms with van der Waals surface area (Å²) in [5.41, 5.74) is 0. The maximum Gasteiger partial charge on any atom is 0.226 e. The molecule has 0 aliphatic carbocycles. The van der Waals surface area contributed by atoms with Crippen LogP contribution in [0.5, 0.6) is 0 Å². The van der Waals surface area contributed by atoms with E-state index in [1.807, 2.05) is 0 Å². The predicted molar refractivity (Wildman–Crippen MR) is 316 cm³/mol. The Morgan fingerprint density at radius 1 is 0.329 bits per heavy atom. The van der Waals surface area contributed by atoms with E-state index in [0.29, 0.717) is 5.91 Å². The molecule has 1 aliphatic heterocycles. The molecular formula is C65H135Cl2N3O3. The lowest BCUT2D eigenvalue weighted by atomic mass is 10.0. The monoisotopic (exact) mass is 1080 g/mol. The van der Waals surface area contributed by atoms with Gasteiger partial charge >= 0.3 is 0 Å². The van der Waals surface area contributed by atoms with Crippen LogP contribution in [0.2, 0.25) is 0 Å². The minimum atomic E-state index is 0. The first-order chi connectivity index (χ1) is 34.7. The van der Waals surface area contributed by atoms with Gasteiger partial charge in [-0.25, -0.2) is 0 Å². The smallest absolute Gasteiger partial charge is 0.226 e. The molecule has 0 unspecified atom stereocenters. The number of quaternary nitrogens is 2. The molecule has 0 aromatic rings. The zero-order valence-corrected chi connectivity index (χ0v) is 52.0. The fraction of sp³-hybridized carbons (Fsp3) is 0.985. The van der Waals surface area contributed by atoms with E-state index < -0.39 is 0 Å². The van der Waals surface area contributed by atoms with Crippen LogP contribution in [0.1, 0.15) is 355 Å². The molecule has 0 aromatic heterocycles. The molecule has 1 heterocycles. The third-order valence-corrected chi connectivity index (χ3v) is 16.3. The minimum Gasteiger partial charge on any atom is -1.00 e. The van der Waals surface area contributed by atoms with Crippen molar-refractivity contribution in [2.24, 2.45) is 0 Å². The fourth-order valence-electron chi connectivity index (χ4n) is 11.5. The minimum absolute atomic E-state index is 0. The van der Waals surface area contributed by atoms with Crippen LogP contribution in [0, 0.1) is 0 Å². The average Bonchev–Trinajstić information content (AvgIpc) is 3.77. The molecule has 1 fully saturated rings. The Kier molecular flexibility index (Phi) is 68.1. The van der Waals surface area contributed by atoms with Gasteiger partial charge in [0, 0.05) is 39.0 Å². The SMILES string of the molecule is CCCCCCCCCCCCCCCCCCOCCC[N+](CCCCCCCCCCCCCCCCCC)(CCCOCCCCCCCCCCCCCCCCCC)CN1CCCC1=O.[Cl-].[Cl-].[NH4+]. The van der Waals surface area contributed by atoms with Crippen LogP contribution in [0.4, 0.5) is 0 Å². The van der Waals surface area contributed by atoms with E-state index in [2.05, 4.69) is 25.7 Å². The second-order valence-corrected chi connectivity index (χ2v) is 23.3. The van der Waals surface area contributed by atoms with Gasteiger partial charge in [0.25, 0.3) is 0 Å². The first kappa shape index (κ1) is 77.1. The summed E-state index contributed by atoms with van der Waals surface area (Å²) >= 11 is 0. The lowest BCUT2D eigenvalue weighted by molar-refractivity contribution is -0.936. The van der Waals surface area contributed by atoms with Gasteiger partial charge in [0.1, 0.15) is 0 Å². The van der Waals surface area contributed by atoms with Crippen LogP contribution in [-0.2, 0) is 14.3 Å². The van der Waals surface area contributed by atoms with Crippen LogP contribution in [0.25, 0.3) is 0 Å². The number of nitrogens with zero attached hydrogens (tertiary/aromatic N) is 2. The molecule has 1 saturated heterocycles. The van der Waals surface area contributed by atoms with Crippen molar-refractivity contribution in [3.05, 3.63) is 0 Å². The zero-order chi connectivity index (χ0) is 50.2. The highest BCUT2D eigenvalue weighted by molar-refractivity contribution is 5.77. The Morgan fingerprint density at radius 3 is 0.795 bits per heavy atom. The fourth-order valence-corrected chi connectivity index (χ4v) is 11.5. The third kappa shape index (κ3) is 55.0. The van der Waals surface area contributed by atoms with Gasteiger partial charge in [-0.15, -0.1) is 0 Å². The summed E-state index contributed by atoms with van der Waals surface area (Å²) in [6.45, 7) is 15.8. The van der Waals surface area contributed by atoms with Gasteiger partial charge in [-0.2, -0.15) is 0 Å². The number of carbonyl (C=O) groups excluding carboxylic acids is 1. The molecule has 0 radical (unpaired) electrons. The molecule has 4 N–H and O–H groups in total. The maximum absolute atomic E-state index is 13.1. The molecule has 0 aromatic carbocycles. The van der Waals surface area contributed by atoms with Crippen LogP contribution in [0.3, 0.4) is 0 Å². The van der Waals surface area contributed by atoms with Gasteiger partial charge in [0.15, 0.2) is 6.67 Å². The second-order valence-electron chi connectivity index (χ2n) is 23.3. The van der Waals surface area contributed by atoms with Gasteiger partial charge in [0.05, 0.1) is 32.8 Å². The number of ether oxygens (including phenoxy) is 2. The molecule has 73 heavy (non-hydrogen) atoms. The topological polar surface area (TPSA) is 75.3 Å². The highest BCUT2D eigenvalue weighted by Gasteiger charge is 2.33. The summed E-state index contributed by atoms with van der Waals surface area (Å²) in [6.07, 6.45) is 71.6. The second kappa shape index (κ2) is 64.4. The van der Waals surface area contributed by atoms with E-state index in [1.54, 1.807) is 0 Å². The van der Waals surface area contributed by atoms with Crippen LogP contribution in [-0.4, -0.2) is 74.6 Å². The number of likely N-dealkylation sites (tertiary alicyclic amines) is 1. The Balaban J connectivity index is -0.0000163. The Labute approximate surface area is 472 Å². The van der Waals surface area contributed by atoms with E-state index in [9.17, 15) is 4.79 Å². The average molecular weight is 1080 g/mol. The van der Waals surface area contributed by atoms with Crippen molar-refractivity contribution >= 4 is 5.91 Å². The number of hydrogen-bond donors (Lipinski definition) is 1. The number of halogens is 2. The molecule has 0 saturated carbocycles. The highest BCUT2D eigenvalue weighted by Crippen LogP contribution is 2.22. The van der Waals surface area contributed by atoms with Gasteiger partial charge in [-0.05, 0) is 32.1 Å². The molecule has 1 aliphatic rings. The molecule has 0 atom stereocenters. The van der Waals surface area contributed by atoms with Crippen molar-refractivity contribution in [2.45, 2.75) is 355 Å². The molecule has 6 nitrogen and oxygen atoms in total. The lowest BCUT2D eigenvalue weighted by Gasteiger charge is -2.41. The van der Waals surface area contributed by atoms with Gasteiger partial charge in [-0.3, -0.25) is 9.69 Å². The maximum atomic E-state index is 13.1. The van der Waals surface area contributed by atoms with Crippen LogP contribution in [0.15, 0.2) is 0 Å². The normalized spacial score (nSPS) is 12.6. The summed E-state index contributed by atoms with van der Waals surface area (Å²) in [6, 6.07) is 0. The molecule has 0 spiro atoms. The number of amides is 1. The zero-order valence-electron chi connectivity index (χ0n) is 50.5. The van der Waals surface area contributed by atoms with E-state index in [0.717, 1.165) is 82.9 Å². The van der Waals surface area contributed by atoms with Crippen molar-refractivity contribution in [3.8, 4) is 0 Å². The molecule has 1 rings (SSSR count). The number of carbonyl (C=O) groups is 1. The summed E-state index contributed by atoms with van der Waals surface area (Å²) in [4.78, 5) is 15.3. The molecule has 442 valence electrons. The van der Waals surface area contributed by atoms with Gasteiger partial charge < -0.3 is 44.9 Å². The molecule has 1 amide bonds. The quantitative estimate of drug-likeness (QED) is 0.0487.